The molecular formula is C13H16O3. The van der Waals surface area contributed by atoms with E-state index in [0.717, 1.165) is 23.5 Å². The predicted molar refractivity (Wildman–Crippen MR) is 61.1 cm³/mol. The lowest BCUT2D eigenvalue weighted by atomic mass is 10.1. The smallest absolute Gasteiger partial charge is 0.160 e. The fourth-order valence-corrected chi connectivity index (χ4v) is 2.10. The molecule has 3 heteroatoms. The fourth-order valence-electron chi connectivity index (χ4n) is 2.10. The maximum Gasteiger partial charge on any atom is 0.160 e. The van der Waals surface area contributed by atoms with Gasteiger partial charge in [0.1, 0.15) is 5.78 Å². The van der Waals surface area contributed by atoms with Gasteiger partial charge in [-0.2, -0.15) is 0 Å². The minimum atomic E-state index is 0.207. The average Bonchev–Trinajstić information content (AvgIpc) is 3.08. The minimum absolute atomic E-state index is 0.207. The van der Waals surface area contributed by atoms with Crippen LogP contribution in [0.1, 0.15) is 24.8 Å². The molecule has 1 fully saturated rings. The molecule has 0 heterocycles. The summed E-state index contributed by atoms with van der Waals surface area (Å²) >= 11 is 0. The third kappa shape index (κ3) is 1.90. The van der Waals surface area contributed by atoms with Gasteiger partial charge >= 0.3 is 0 Å². The maximum atomic E-state index is 11.2. The molecule has 1 aromatic carbocycles. The number of carbonyl (C=O) groups excluding carboxylic acids is 1. The Morgan fingerprint density at radius 3 is 2.44 bits per heavy atom. The second-order valence-electron chi connectivity index (χ2n) is 4.17. The van der Waals surface area contributed by atoms with Gasteiger partial charge in [0.25, 0.3) is 0 Å². The monoisotopic (exact) mass is 220 g/mol. The number of benzene rings is 1. The molecule has 1 saturated carbocycles. The molecule has 2 rings (SSSR count). The van der Waals surface area contributed by atoms with E-state index < -0.39 is 0 Å². The lowest BCUT2D eigenvalue weighted by Gasteiger charge is -2.09. The van der Waals surface area contributed by atoms with Gasteiger partial charge in [-0.25, -0.2) is 0 Å². The lowest BCUT2D eigenvalue weighted by Crippen LogP contribution is -1.96. The SMILES string of the molecule is COc1ccc([C@@H]2C[C@H]2C(C)=O)cc1OC. The van der Waals surface area contributed by atoms with Crippen molar-refractivity contribution in [1.29, 1.82) is 0 Å². The van der Waals surface area contributed by atoms with E-state index in [2.05, 4.69) is 0 Å². The largest absolute Gasteiger partial charge is 0.493 e. The molecule has 2 atom stereocenters. The van der Waals surface area contributed by atoms with Gasteiger partial charge in [-0.05, 0) is 37.0 Å². The van der Waals surface area contributed by atoms with Gasteiger partial charge in [0.2, 0.25) is 0 Å². The normalized spacial score (nSPS) is 22.7. The first-order chi connectivity index (χ1) is 7.67. The Balaban J connectivity index is 2.21. The molecule has 0 aromatic heterocycles. The molecule has 0 aliphatic heterocycles. The fraction of sp³-hybridized carbons (Fsp3) is 0.462. The standard InChI is InChI=1S/C13H16O3/c1-8(14)10-7-11(10)9-4-5-12(15-2)13(6-9)16-3/h4-6,10-11H,7H2,1-3H3/t10-,11-/m0/s1. The Morgan fingerprint density at radius 1 is 1.25 bits per heavy atom. The number of methoxy groups -OCH3 is 2. The number of rotatable bonds is 4. The molecular weight excluding hydrogens is 204 g/mol. The summed E-state index contributed by atoms with van der Waals surface area (Å²) in [4.78, 5) is 11.2. The summed E-state index contributed by atoms with van der Waals surface area (Å²) in [6, 6.07) is 5.87. The summed E-state index contributed by atoms with van der Waals surface area (Å²) in [7, 11) is 3.24. The molecule has 1 aromatic rings. The van der Waals surface area contributed by atoms with Crippen molar-refractivity contribution in [3.05, 3.63) is 23.8 Å². The highest BCUT2D eigenvalue weighted by Gasteiger charge is 2.41. The molecule has 16 heavy (non-hydrogen) atoms. The summed E-state index contributed by atoms with van der Waals surface area (Å²) in [5.41, 5.74) is 1.16. The molecule has 3 nitrogen and oxygen atoms in total. The van der Waals surface area contributed by atoms with E-state index in [-0.39, 0.29) is 11.7 Å². The molecule has 0 unspecified atom stereocenters. The van der Waals surface area contributed by atoms with Gasteiger partial charge < -0.3 is 9.47 Å². The summed E-state index contributed by atoms with van der Waals surface area (Å²) in [5.74, 6) is 2.32. The van der Waals surface area contributed by atoms with Crippen LogP contribution in [-0.4, -0.2) is 20.0 Å². The molecule has 1 aliphatic carbocycles. The van der Waals surface area contributed by atoms with Crippen molar-refractivity contribution in [3.8, 4) is 11.5 Å². The van der Waals surface area contributed by atoms with Gasteiger partial charge in [0.15, 0.2) is 11.5 Å². The number of Topliss-reactive ketones (excluding diaryl/α,β-unsaturated/α-hetero) is 1. The average molecular weight is 220 g/mol. The van der Waals surface area contributed by atoms with Crippen molar-refractivity contribution in [2.24, 2.45) is 5.92 Å². The molecule has 0 saturated heterocycles. The van der Waals surface area contributed by atoms with Crippen molar-refractivity contribution in [2.45, 2.75) is 19.3 Å². The Hall–Kier alpha value is -1.51. The van der Waals surface area contributed by atoms with Crippen LogP contribution in [0.4, 0.5) is 0 Å². The Morgan fingerprint density at radius 2 is 1.94 bits per heavy atom. The third-order valence-electron chi connectivity index (χ3n) is 3.15. The zero-order valence-electron chi connectivity index (χ0n) is 9.82. The topological polar surface area (TPSA) is 35.5 Å². The summed E-state index contributed by atoms with van der Waals surface area (Å²) in [6.45, 7) is 1.66. The van der Waals surface area contributed by atoms with Crippen molar-refractivity contribution in [2.75, 3.05) is 14.2 Å². The first kappa shape index (κ1) is 11.0. The maximum absolute atomic E-state index is 11.2. The second-order valence-corrected chi connectivity index (χ2v) is 4.17. The molecule has 0 spiro atoms. The minimum Gasteiger partial charge on any atom is -0.493 e. The zero-order chi connectivity index (χ0) is 11.7. The lowest BCUT2D eigenvalue weighted by molar-refractivity contribution is -0.118. The number of carbonyl (C=O) groups is 1. The Kier molecular flexibility index (Phi) is 2.86. The van der Waals surface area contributed by atoms with E-state index in [0.29, 0.717) is 5.92 Å². The molecule has 0 bridgehead atoms. The first-order valence-corrected chi connectivity index (χ1v) is 5.39. The quantitative estimate of drug-likeness (QED) is 0.781. The van der Waals surface area contributed by atoms with Crippen LogP contribution in [0.3, 0.4) is 0 Å². The second kappa shape index (κ2) is 4.16. The molecule has 1 aliphatic rings. The predicted octanol–water partition coefficient (Wildman–Crippen LogP) is 2.40. The van der Waals surface area contributed by atoms with Crippen LogP contribution in [0.5, 0.6) is 11.5 Å². The number of hydrogen-bond donors (Lipinski definition) is 0. The summed E-state index contributed by atoms with van der Waals surface area (Å²) in [5, 5.41) is 0. The summed E-state index contributed by atoms with van der Waals surface area (Å²) in [6.07, 6.45) is 0.963. The first-order valence-electron chi connectivity index (χ1n) is 5.39. The van der Waals surface area contributed by atoms with Crippen LogP contribution in [0.15, 0.2) is 18.2 Å². The van der Waals surface area contributed by atoms with Crippen LogP contribution in [0, 0.1) is 5.92 Å². The van der Waals surface area contributed by atoms with Gasteiger partial charge in [-0.15, -0.1) is 0 Å². The van der Waals surface area contributed by atoms with Gasteiger partial charge in [-0.3, -0.25) is 4.79 Å². The Bertz CT molecular complexity index is 412. The van der Waals surface area contributed by atoms with Crippen molar-refractivity contribution in [3.63, 3.8) is 0 Å². The molecule has 86 valence electrons. The van der Waals surface area contributed by atoms with Crippen LogP contribution in [0.2, 0.25) is 0 Å². The van der Waals surface area contributed by atoms with Crippen molar-refractivity contribution < 1.29 is 14.3 Å². The highest BCUT2D eigenvalue weighted by atomic mass is 16.5. The molecule has 0 radical (unpaired) electrons. The number of ether oxygens (including phenoxy) is 2. The van der Waals surface area contributed by atoms with Crippen LogP contribution < -0.4 is 9.47 Å². The van der Waals surface area contributed by atoms with Crippen molar-refractivity contribution in [1.82, 2.24) is 0 Å². The molecule has 0 amide bonds. The molecule has 0 N–H and O–H groups in total. The van der Waals surface area contributed by atoms with E-state index in [4.69, 9.17) is 9.47 Å². The van der Waals surface area contributed by atoms with E-state index in [1.54, 1.807) is 21.1 Å². The van der Waals surface area contributed by atoms with Crippen LogP contribution in [-0.2, 0) is 4.79 Å². The summed E-state index contributed by atoms with van der Waals surface area (Å²) < 4.78 is 10.4. The third-order valence-corrected chi connectivity index (χ3v) is 3.15. The number of ketones is 1. The highest BCUT2D eigenvalue weighted by Crippen LogP contribution is 2.49. The van der Waals surface area contributed by atoms with E-state index >= 15 is 0 Å². The van der Waals surface area contributed by atoms with Crippen LogP contribution in [0.25, 0.3) is 0 Å². The van der Waals surface area contributed by atoms with Crippen LogP contribution >= 0.6 is 0 Å². The zero-order valence-corrected chi connectivity index (χ0v) is 9.82. The highest BCUT2D eigenvalue weighted by molar-refractivity contribution is 5.82. The Labute approximate surface area is 95.4 Å². The van der Waals surface area contributed by atoms with Gasteiger partial charge in [0, 0.05) is 5.92 Å². The number of hydrogen-bond acceptors (Lipinski definition) is 3. The van der Waals surface area contributed by atoms with E-state index in [1.165, 1.54) is 0 Å². The van der Waals surface area contributed by atoms with E-state index in [9.17, 15) is 4.79 Å². The van der Waals surface area contributed by atoms with Crippen molar-refractivity contribution >= 4 is 5.78 Å². The van der Waals surface area contributed by atoms with Gasteiger partial charge in [0.05, 0.1) is 14.2 Å². The van der Waals surface area contributed by atoms with Gasteiger partial charge in [-0.1, -0.05) is 6.07 Å². The van der Waals surface area contributed by atoms with E-state index in [1.807, 2.05) is 18.2 Å².